The van der Waals surface area contributed by atoms with Crippen molar-refractivity contribution in [2.45, 2.75) is 57.9 Å². The van der Waals surface area contributed by atoms with Gasteiger partial charge in [0.15, 0.2) is 0 Å². The third-order valence-corrected chi connectivity index (χ3v) is 4.63. The van der Waals surface area contributed by atoms with Gasteiger partial charge in [-0.25, -0.2) is 0 Å². The summed E-state index contributed by atoms with van der Waals surface area (Å²) in [7, 11) is 1.98. The summed E-state index contributed by atoms with van der Waals surface area (Å²) in [6, 6.07) is 2.19. The molecule has 23 heavy (non-hydrogen) atoms. The van der Waals surface area contributed by atoms with Gasteiger partial charge in [0.05, 0.1) is 12.2 Å². The SMILES string of the molecule is CN(CC(=O)Nc1cc(C(C)(C)C)no1)C1CCC(CO)CC1. The zero-order chi connectivity index (χ0) is 17.0. The van der Waals surface area contributed by atoms with Crippen LogP contribution >= 0.6 is 0 Å². The van der Waals surface area contributed by atoms with Gasteiger partial charge in [0.1, 0.15) is 0 Å². The average Bonchev–Trinajstić information content (AvgIpc) is 2.95. The second-order valence-corrected chi connectivity index (χ2v) is 7.65. The van der Waals surface area contributed by atoms with E-state index >= 15 is 0 Å². The number of aliphatic hydroxyl groups is 1. The highest BCUT2D eigenvalue weighted by atomic mass is 16.5. The number of rotatable bonds is 5. The number of likely N-dealkylation sites (N-methyl/N-ethyl adjacent to an activating group) is 1. The van der Waals surface area contributed by atoms with Crippen LogP contribution in [0.4, 0.5) is 5.88 Å². The van der Waals surface area contributed by atoms with Gasteiger partial charge in [0, 0.05) is 24.1 Å². The zero-order valence-electron chi connectivity index (χ0n) is 14.6. The normalized spacial score (nSPS) is 22.3. The molecule has 0 spiro atoms. The summed E-state index contributed by atoms with van der Waals surface area (Å²) in [6.07, 6.45) is 4.13. The molecular formula is C17H29N3O3. The molecule has 1 aliphatic carbocycles. The number of anilines is 1. The summed E-state index contributed by atoms with van der Waals surface area (Å²) in [5.41, 5.74) is 0.720. The lowest BCUT2D eigenvalue weighted by molar-refractivity contribution is -0.117. The van der Waals surface area contributed by atoms with E-state index < -0.39 is 0 Å². The fourth-order valence-corrected chi connectivity index (χ4v) is 2.99. The number of carbonyl (C=O) groups excluding carboxylic acids is 1. The lowest BCUT2D eigenvalue weighted by Crippen LogP contribution is -2.40. The van der Waals surface area contributed by atoms with Gasteiger partial charge in [-0.2, -0.15) is 0 Å². The van der Waals surface area contributed by atoms with E-state index in [4.69, 9.17) is 4.52 Å². The molecule has 2 rings (SSSR count). The number of aliphatic hydroxyl groups excluding tert-OH is 1. The van der Waals surface area contributed by atoms with Crippen LogP contribution in [0.3, 0.4) is 0 Å². The molecule has 6 nitrogen and oxygen atoms in total. The number of hydrogen-bond acceptors (Lipinski definition) is 5. The molecule has 1 fully saturated rings. The predicted octanol–water partition coefficient (Wildman–Crippen LogP) is 2.39. The first kappa shape index (κ1) is 17.9. The molecule has 6 heteroatoms. The Kier molecular flexibility index (Phi) is 5.81. The Bertz CT molecular complexity index is 513. The van der Waals surface area contributed by atoms with E-state index in [1.165, 1.54) is 0 Å². The maximum Gasteiger partial charge on any atom is 0.240 e. The van der Waals surface area contributed by atoms with Crippen LogP contribution in [0.2, 0.25) is 0 Å². The summed E-state index contributed by atoms with van der Waals surface area (Å²) in [5, 5.41) is 16.0. The minimum Gasteiger partial charge on any atom is -0.396 e. The number of aromatic nitrogens is 1. The average molecular weight is 323 g/mol. The van der Waals surface area contributed by atoms with Crippen molar-refractivity contribution in [3.8, 4) is 0 Å². The van der Waals surface area contributed by atoms with E-state index in [0.717, 1.165) is 31.4 Å². The van der Waals surface area contributed by atoms with Crippen LogP contribution in [-0.4, -0.2) is 47.3 Å². The standard InChI is InChI=1S/C17H29N3O3/c1-17(2,3)14-9-16(23-19-14)18-15(22)10-20(4)13-7-5-12(11-21)6-8-13/h9,12-13,21H,5-8,10-11H2,1-4H3,(H,18,22). The molecule has 130 valence electrons. The van der Waals surface area contributed by atoms with E-state index in [2.05, 4.69) is 15.4 Å². The van der Waals surface area contributed by atoms with Gasteiger partial charge < -0.3 is 9.63 Å². The first-order valence-corrected chi connectivity index (χ1v) is 8.37. The Morgan fingerprint density at radius 1 is 1.39 bits per heavy atom. The fourth-order valence-electron chi connectivity index (χ4n) is 2.99. The fraction of sp³-hybridized carbons (Fsp3) is 0.765. The number of hydrogen-bond donors (Lipinski definition) is 2. The molecule has 0 aromatic carbocycles. The Balaban J connectivity index is 1.81. The van der Waals surface area contributed by atoms with Crippen molar-refractivity contribution in [3.63, 3.8) is 0 Å². The quantitative estimate of drug-likeness (QED) is 0.870. The first-order valence-electron chi connectivity index (χ1n) is 8.37. The van der Waals surface area contributed by atoms with Crippen molar-refractivity contribution in [2.75, 3.05) is 25.5 Å². The second-order valence-electron chi connectivity index (χ2n) is 7.65. The smallest absolute Gasteiger partial charge is 0.240 e. The van der Waals surface area contributed by atoms with Gasteiger partial charge in [0.25, 0.3) is 0 Å². The van der Waals surface area contributed by atoms with E-state index in [0.29, 0.717) is 24.4 Å². The maximum atomic E-state index is 12.2. The third kappa shape index (κ3) is 5.04. The molecule has 0 bridgehead atoms. The Morgan fingerprint density at radius 3 is 2.57 bits per heavy atom. The van der Waals surface area contributed by atoms with Crippen LogP contribution in [0.5, 0.6) is 0 Å². The second kappa shape index (κ2) is 7.45. The molecule has 1 amide bonds. The largest absolute Gasteiger partial charge is 0.396 e. The first-order chi connectivity index (χ1) is 10.8. The zero-order valence-corrected chi connectivity index (χ0v) is 14.6. The minimum absolute atomic E-state index is 0.0895. The Morgan fingerprint density at radius 2 is 2.04 bits per heavy atom. The van der Waals surface area contributed by atoms with Crippen molar-refractivity contribution in [3.05, 3.63) is 11.8 Å². The summed E-state index contributed by atoms with van der Waals surface area (Å²) in [4.78, 5) is 14.3. The third-order valence-electron chi connectivity index (χ3n) is 4.63. The predicted molar refractivity (Wildman–Crippen MR) is 89.3 cm³/mol. The van der Waals surface area contributed by atoms with Gasteiger partial charge in [-0.3, -0.25) is 15.0 Å². The van der Waals surface area contributed by atoms with Crippen LogP contribution in [0.25, 0.3) is 0 Å². The topological polar surface area (TPSA) is 78.6 Å². The molecule has 1 aromatic heterocycles. The van der Waals surface area contributed by atoms with Gasteiger partial charge in [0.2, 0.25) is 11.8 Å². The highest BCUT2D eigenvalue weighted by Crippen LogP contribution is 2.27. The lowest BCUT2D eigenvalue weighted by atomic mass is 9.86. The van der Waals surface area contributed by atoms with Crippen LogP contribution in [-0.2, 0) is 10.2 Å². The number of amides is 1. The van der Waals surface area contributed by atoms with Gasteiger partial charge in [-0.15, -0.1) is 0 Å². The van der Waals surface area contributed by atoms with E-state index in [1.807, 2.05) is 27.8 Å². The molecule has 1 aromatic rings. The van der Waals surface area contributed by atoms with Gasteiger partial charge >= 0.3 is 0 Å². The van der Waals surface area contributed by atoms with Crippen LogP contribution in [0, 0.1) is 5.92 Å². The number of nitrogens with one attached hydrogen (secondary N) is 1. The molecule has 0 atom stereocenters. The molecule has 1 saturated carbocycles. The van der Waals surface area contributed by atoms with E-state index in [1.54, 1.807) is 6.07 Å². The molecule has 1 aliphatic rings. The Hall–Kier alpha value is -1.40. The minimum atomic E-state index is -0.103. The highest BCUT2D eigenvalue weighted by molar-refractivity contribution is 5.91. The van der Waals surface area contributed by atoms with Crippen LogP contribution < -0.4 is 5.32 Å². The molecule has 0 unspecified atom stereocenters. The highest BCUT2D eigenvalue weighted by Gasteiger charge is 2.25. The van der Waals surface area contributed by atoms with Crippen LogP contribution in [0.15, 0.2) is 10.6 Å². The molecule has 0 aliphatic heterocycles. The van der Waals surface area contributed by atoms with Gasteiger partial charge in [-0.05, 0) is 38.6 Å². The number of nitrogens with zero attached hydrogens (tertiary/aromatic N) is 2. The maximum absolute atomic E-state index is 12.2. The molecule has 2 N–H and O–H groups in total. The van der Waals surface area contributed by atoms with E-state index in [-0.39, 0.29) is 17.9 Å². The van der Waals surface area contributed by atoms with Crippen LogP contribution in [0.1, 0.15) is 52.1 Å². The van der Waals surface area contributed by atoms with Gasteiger partial charge in [-0.1, -0.05) is 25.9 Å². The van der Waals surface area contributed by atoms with E-state index in [9.17, 15) is 9.90 Å². The molecule has 0 radical (unpaired) electrons. The Labute approximate surface area is 138 Å². The summed E-state index contributed by atoms with van der Waals surface area (Å²) >= 11 is 0. The van der Waals surface area contributed by atoms with Crippen molar-refractivity contribution in [2.24, 2.45) is 5.92 Å². The van der Waals surface area contributed by atoms with Crippen molar-refractivity contribution in [1.29, 1.82) is 0 Å². The molecular weight excluding hydrogens is 294 g/mol. The van der Waals surface area contributed by atoms with Crippen molar-refractivity contribution >= 4 is 11.8 Å². The monoisotopic (exact) mass is 323 g/mol. The number of carbonyl (C=O) groups is 1. The van der Waals surface area contributed by atoms with Crippen molar-refractivity contribution in [1.82, 2.24) is 10.1 Å². The van der Waals surface area contributed by atoms with Crippen molar-refractivity contribution < 1.29 is 14.4 Å². The summed E-state index contributed by atoms with van der Waals surface area (Å²) < 4.78 is 5.19. The molecule has 0 saturated heterocycles. The lowest BCUT2D eigenvalue weighted by Gasteiger charge is -2.33. The summed E-state index contributed by atoms with van der Waals surface area (Å²) in [6.45, 7) is 6.76. The summed E-state index contributed by atoms with van der Waals surface area (Å²) in [5.74, 6) is 0.740. The molecule has 1 heterocycles.